The highest BCUT2D eigenvalue weighted by molar-refractivity contribution is 7.92. The van der Waals surface area contributed by atoms with Gasteiger partial charge in [-0.05, 0) is 45.0 Å². The van der Waals surface area contributed by atoms with Crippen molar-refractivity contribution in [3.63, 3.8) is 0 Å². The Bertz CT molecular complexity index is 455. The Kier molecular flexibility index (Phi) is 4.85. The molecule has 1 aliphatic heterocycles. The SMILES string of the molecule is Cc1ccc(S(=O)(=O)C2CCNCC2)nn1.Cl. The van der Waals surface area contributed by atoms with Gasteiger partial charge >= 0.3 is 0 Å². The fourth-order valence-corrected chi connectivity index (χ4v) is 3.43. The van der Waals surface area contributed by atoms with Crippen LogP contribution < -0.4 is 5.32 Å². The average molecular weight is 278 g/mol. The second-order valence-electron chi connectivity index (χ2n) is 4.01. The topological polar surface area (TPSA) is 72.0 Å². The molecule has 1 saturated heterocycles. The molecule has 2 rings (SSSR count). The third-order valence-electron chi connectivity index (χ3n) is 2.79. The predicted octanol–water partition coefficient (Wildman–Crippen LogP) is 0.733. The second-order valence-corrected chi connectivity index (χ2v) is 6.18. The molecule has 0 unspecified atom stereocenters. The maximum absolute atomic E-state index is 12.2. The van der Waals surface area contributed by atoms with E-state index in [-0.39, 0.29) is 22.7 Å². The summed E-state index contributed by atoms with van der Waals surface area (Å²) in [7, 11) is -3.29. The second kappa shape index (κ2) is 5.75. The smallest absolute Gasteiger partial charge is 0.200 e. The van der Waals surface area contributed by atoms with E-state index in [1.54, 1.807) is 19.1 Å². The van der Waals surface area contributed by atoms with Crippen LogP contribution in [0.2, 0.25) is 0 Å². The summed E-state index contributed by atoms with van der Waals surface area (Å²) < 4.78 is 24.3. The van der Waals surface area contributed by atoms with Crippen LogP contribution in [0.5, 0.6) is 0 Å². The van der Waals surface area contributed by atoms with Crippen molar-refractivity contribution >= 4 is 22.2 Å². The van der Waals surface area contributed by atoms with Crippen LogP contribution in [0.4, 0.5) is 0 Å². The highest BCUT2D eigenvalue weighted by atomic mass is 35.5. The van der Waals surface area contributed by atoms with Gasteiger partial charge in [-0.25, -0.2) is 8.42 Å². The Morgan fingerprint density at radius 3 is 2.41 bits per heavy atom. The lowest BCUT2D eigenvalue weighted by molar-refractivity contribution is 0.494. The number of hydrogen-bond acceptors (Lipinski definition) is 5. The highest BCUT2D eigenvalue weighted by Crippen LogP contribution is 2.20. The zero-order chi connectivity index (χ0) is 11.6. The van der Waals surface area contributed by atoms with Gasteiger partial charge in [0.25, 0.3) is 0 Å². The third-order valence-corrected chi connectivity index (χ3v) is 4.94. The summed E-state index contributed by atoms with van der Waals surface area (Å²) in [5, 5.41) is 10.5. The molecule has 96 valence electrons. The van der Waals surface area contributed by atoms with E-state index in [1.807, 2.05) is 0 Å². The van der Waals surface area contributed by atoms with Gasteiger partial charge in [0.2, 0.25) is 0 Å². The molecule has 0 bridgehead atoms. The van der Waals surface area contributed by atoms with Gasteiger partial charge in [0.05, 0.1) is 10.9 Å². The summed E-state index contributed by atoms with van der Waals surface area (Å²) in [6.07, 6.45) is 1.30. The summed E-state index contributed by atoms with van der Waals surface area (Å²) >= 11 is 0. The van der Waals surface area contributed by atoms with Crippen LogP contribution >= 0.6 is 12.4 Å². The van der Waals surface area contributed by atoms with Crippen molar-refractivity contribution in [2.45, 2.75) is 30.0 Å². The van der Waals surface area contributed by atoms with Crippen LogP contribution in [-0.2, 0) is 9.84 Å². The molecule has 1 N–H and O–H groups in total. The van der Waals surface area contributed by atoms with E-state index in [0.717, 1.165) is 18.8 Å². The van der Waals surface area contributed by atoms with E-state index >= 15 is 0 Å². The van der Waals surface area contributed by atoms with Gasteiger partial charge < -0.3 is 5.32 Å². The normalized spacial score (nSPS) is 17.5. The lowest BCUT2D eigenvalue weighted by atomic mass is 10.2. The molecule has 0 atom stereocenters. The molecule has 1 aliphatic rings. The first-order valence-electron chi connectivity index (χ1n) is 5.35. The Labute approximate surface area is 107 Å². The lowest BCUT2D eigenvalue weighted by Gasteiger charge is -2.21. The van der Waals surface area contributed by atoms with Crippen molar-refractivity contribution in [2.75, 3.05) is 13.1 Å². The van der Waals surface area contributed by atoms with Crippen molar-refractivity contribution in [3.05, 3.63) is 17.8 Å². The number of aryl methyl sites for hydroxylation is 1. The fourth-order valence-electron chi connectivity index (χ4n) is 1.81. The summed E-state index contributed by atoms with van der Waals surface area (Å²) in [4.78, 5) is 0. The van der Waals surface area contributed by atoms with Gasteiger partial charge in [-0.3, -0.25) is 0 Å². The number of halogens is 1. The zero-order valence-electron chi connectivity index (χ0n) is 9.59. The largest absolute Gasteiger partial charge is 0.317 e. The van der Waals surface area contributed by atoms with Crippen molar-refractivity contribution in [1.29, 1.82) is 0 Å². The minimum Gasteiger partial charge on any atom is -0.317 e. The standard InChI is InChI=1S/C10H15N3O2S.ClH/c1-8-2-3-10(13-12-8)16(14,15)9-4-6-11-7-5-9;/h2-3,9,11H,4-7H2,1H3;1H. The zero-order valence-corrected chi connectivity index (χ0v) is 11.2. The molecule has 2 heterocycles. The lowest BCUT2D eigenvalue weighted by Crippen LogP contribution is -2.36. The van der Waals surface area contributed by atoms with Gasteiger partial charge in [0.15, 0.2) is 14.9 Å². The number of aromatic nitrogens is 2. The first-order chi connectivity index (χ1) is 7.60. The molecule has 0 spiro atoms. The van der Waals surface area contributed by atoms with Crippen LogP contribution in [-0.4, -0.2) is 37.0 Å². The summed E-state index contributed by atoms with van der Waals surface area (Å²) in [6, 6.07) is 3.22. The molecule has 17 heavy (non-hydrogen) atoms. The maximum Gasteiger partial charge on any atom is 0.200 e. The first-order valence-corrected chi connectivity index (χ1v) is 6.90. The number of nitrogens with zero attached hydrogens (tertiary/aromatic N) is 2. The monoisotopic (exact) mass is 277 g/mol. The first kappa shape index (κ1) is 14.3. The average Bonchev–Trinajstić information content (AvgIpc) is 2.31. The molecule has 1 aromatic heterocycles. The van der Waals surface area contributed by atoms with Gasteiger partial charge in [-0.15, -0.1) is 17.5 Å². The minimum absolute atomic E-state index is 0. The summed E-state index contributed by atoms with van der Waals surface area (Å²) in [6.45, 7) is 3.29. The van der Waals surface area contributed by atoms with E-state index in [1.165, 1.54) is 0 Å². The molecular weight excluding hydrogens is 262 g/mol. The van der Waals surface area contributed by atoms with E-state index in [4.69, 9.17) is 0 Å². The van der Waals surface area contributed by atoms with Gasteiger partial charge in [0, 0.05) is 0 Å². The molecule has 0 aromatic carbocycles. The van der Waals surface area contributed by atoms with E-state index < -0.39 is 9.84 Å². The Balaban J connectivity index is 0.00000144. The van der Waals surface area contributed by atoms with E-state index in [2.05, 4.69) is 15.5 Å². The van der Waals surface area contributed by atoms with Crippen molar-refractivity contribution in [3.8, 4) is 0 Å². The summed E-state index contributed by atoms with van der Waals surface area (Å²) in [5.41, 5.74) is 0.726. The van der Waals surface area contributed by atoms with E-state index in [0.29, 0.717) is 12.8 Å². The van der Waals surface area contributed by atoms with Gasteiger partial charge in [-0.2, -0.15) is 5.10 Å². The van der Waals surface area contributed by atoms with Crippen LogP contribution in [0.1, 0.15) is 18.5 Å². The number of sulfone groups is 1. The molecule has 5 nitrogen and oxygen atoms in total. The van der Waals surface area contributed by atoms with Crippen molar-refractivity contribution in [1.82, 2.24) is 15.5 Å². The van der Waals surface area contributed by atoms with Crippen LogP contribution in [0.3, 0.4) is 0 Å². The van der Waals surface area contributed by atoms with Crippen LogP contribution in [0, 0.1) is 6.92 Å². The number of nitrogens with one attached hydrogen (secondary N) is 1. The molecule has 0 amide bonds. The molecule has 7 heteroatoms. The molecule has 0 aliphatic carbocycles. The van der Waals surface area contributed by atoms with Crippen molar-refractivity contribution in [2.24, 2.45) is 0 Å². The van der Waals surface area contributed by atoms with Gasteiger partial charge in [-0.1, -0.05) is 0 Å². The molecule has 0 radical (unpaired) electrons. The third kappa shape index (κ3) is 3.14. The molecule has 1 aromatic rings. The Morgan fingerprint density at radius 2 is 1.88 bits per heavy atom. The number of rotatable bonds is 2. The molecule has 0 saturated carbocycles. The predicted molar refractivity (Wildman–Crippen MR) is 67.1 cm³/mol. The molecular formula is C10H16ClN3O2S. The molecule has 1 fully saturated rings. The number of piperidine rings is 1. The number of hydrogen-bond donors (Lipinski definition) is 1. The minimum atomic E-state index is -3.29. The highest BCUT2D eigenvalue weighted by Gasteiger charge is 2.30. The van der Waals surface area contributed by atoms with Crippen LogP contribution in [0.15, 0.2) is 17.2 Å². The fraction of sp³-hybridized carbons (Fsp3) is 0.600. The van der Waals surface area contributed by atoms with Crippen molar-refractivity contribution < 1.29 is 8.42 Å². The van der Waals surface area contributed by atoms with E-state index in [9.17, 15) is 8.42 Å². The maximum atomic E-state index is 12.2. The van der Waals surface area contributed by atoms with Crippen LogP contribution in [0.25, 0.3) is 0 Å². The Morgan fingerprint density at radius 1 is 1.24 bits per heavy atom. The summed E-state index contributed by atoms with van der Waals surface area (Å²) in [5.74, 6) is 0. The van der Waals surface area contributed by atoms with Gasteiger partial charge in [0.1, 0.15) is 0 Å². The quantitative estimate of drug-likeness (QED) is 0.863. The Hall–Kier alpha value is -0.720.